The van der Waals surface area contributed by atoms with E-state index in [1.165, 1.54) is 9.21 Å². The Labute approximate surface area is 275 Å². The van der Waals surface area contributed by atoms with Crippen LogP contribution in [-0.2, 0) is 32.6 Å². The average molecular weight is 677 g/mol. The van der Waals surface area contributed by atoms with Crippen molar-refractivity contribution in [3.05, 3.63) is 87.9 Å². The van der Waals surface area contributed by atoms with Gasteiger partial charge in [-0.2, -0.15) is 0 Å². The SMILES string of the molecule is CC[C@H](C)NC(=O)[C@@H](Cc1ccccc1)N(Cc1ccc(Cl)cc1Cl)C(=O)CCCN(c1ccc2c(c1)OCCO2)S(C)(=O)=O. The third kappa shape index (κ3) is 9.51. The highest BCUT2D eigenvalue weighted by atomic mass is 35.5. The van der Waals surface area contributed by atoms with Crippen molar-refractivity contribution in [3.8, 4) is 11.5 Å². The lowest BCUT2D eigenvalue weighted by Gasteiger charge is -2.33. The molecule has 0 unspecified atom stereocenters. The molecule has 0 saturated heterocycles. The molecule has 3 aromatic rings. The van der Waals surface area contributed by atoms with Crippen molar-refractivity contribution >= 4 is 50.7 Å². The van der Waals surface area contributed by atoms with E-state index in [0.717, 1.165) is 18.2 Å². The van der Waals surface area contributed by atoms with Crippen LogP contribution in [0.4, 0.5) is 5.69 Å². The van der Waals surface area contributed by atoms with Crippen LogP contribution < -0.4 is 19.1 Å². The van der Waals surface area contributed by atoms with Crippen LogP contribution in [0.5, 0.6) is 11.5 Å². The van der Waals surface area contributed by atoms with E-state index in [-0.39, 0.29) is 50.2 Å². The molecule has 0 bridgehead atoms. The molecule has 1 aliphatic heterocycles. The summed E-state index contributed by atoms with van der Waals surface area (Å²) in [6, 6.07) is 18.5. The van der Waals surface area contributed by atoms with Gasteiger partial charge in [-0.15, -0.1) is 0 Å². The Morgan fingerprint density at radius 1 is 0.978 bits per heavy atom. The Morgan fingerprint density at radius 2 is 1.69 bits per heavy atom. The van der Waals surface area contributed by atoms with Gasteiger partial charge in [0, 0.05) is 48.1 Å². The zero-order valence-corrected chi connectivity index (χ0v) is 28.0. The molecule has 1 heterocycles. The van der Waals surface area contributed by atoms with E-state index in [1.54, 1.807) is 36.4 Å². The number of carbonyl (C=O) groups is 2. The lowest BCUT2D eigenvalue weighted by Crippen LogP contribution is -2.52. The Balaban J connectivity index is 1.60. The third-order valence-corrected chi connectivity index (χ3v) is 9.37. The fourth-order valence-corrected chi connectivity index (χ4v) is 6.45. The molecule has 3 aromatic carbocycles. The van der Waals surface area contributed by atoms with E-state index in [2.05, 4.69) is 5.32 Å². The molecule has 0 aromatic heterocycles. The predicted molar refractivity (Wildman–Crippen MR) is 178 cm³/mol. The normalized spacial score (nSPS) is 13.9. The molecule has 0 saturated carbocycles. The van der Waals surface area contributed by atoms with Gasteiger partial charge in [-0.25, -0.2) is 8.42 Å². The van der Waals surface area contributed by atoms with Crippen LogP contribution in [0.3, 0.4) is 0 Å². The van der Waals surface area contributed by atoms with Crippen molar-refractivity contribution < 1.29 is 27.5 Å². The fourth-order valence-electron chi connectivity index (χ4n) is 5.02. The van der Waals surface area contributed by atoms with Gasteiger partial charge in [-0.05, 0) is 55.2 Å². The Hall–Kier alpha value is -3.47. The number of anilines is 1. The first-order chi connectivity index (χ1) is 21.5. The summed E-state index contributed by atoms with van der Waals surface area (Å²) in [5.41, 5.74) is 1.94. The van der Waals surface area contributed by atoms with E-state index in [9.17, 15) is 18.0 Å². The Bertz CT molecular complexity index is 1590. The summed E-state index contributed by atoms with van der Waals surface area (Å²) in [7, 11) is -3.69. The summed E-state index contributed by atoms with van der Waals surface area (Å²) >= 11 is 12.7. The zero-order valence-electron chi connectivity index (χ0n) is 25.7. The minimum atomic E-state index is -3.69. The van der Waals surface area contributed by atoms with Gasteiger partial charge in [0.05, 0.1) is 11.9 Å². The number of sulfonamides is 1. The van der Waals surface area contributed by atoms with Crippen LogP contribution in [0, 0.1) is 0 Å². The second kappa shape index (κ2) is 15.7. The summed E-state index contributed by atoms with van der Waals surface area (Å²) in [4.78, 5) is 29.3. The molecule has 0 fully saturated rings. The lowest BCUT2D eigenvalue weighted by atomic mass is 10.0. The molecule has 9 nitrogen and oxygen atoms in total. The monoisotopic (exact) mass is 675 g/mol. The van der Waals surface area contributed by atoms with Crippen LogP contribution in [-0.4, -0.2) is 63.2 Å². The van der Waals surface area contributed by atoms with Crippen LogP contribution >= 0.6 is 23.2 Å². The van der Waals surface area contributed by atoms with Crippen molar-refractivity contribution in [1.82, 2.24) is 10.2 Å². The van der Waals surface area contributed by atoms with Gasteiger partial charge in [-0.1, -0.05) is 66.5 Å². The van der Waals surface area contributed by atoms with Gasteiger partial charge in [0.25, 0.3) is 0 Å². The smallest absolute Gasteiger partial charge is 0.243 e. The van der Waals surface area contributed by atoms with Crippen LogP contribution in [0.2, 0.25) is 10.0 Å². The molecular weight excluding hydrogens is 637 g/mol. The largest absolute Gasteiger partial charge is 0.486 e. The van der Waals surface area contributed by atoms with Gasteiger partial charge < -0.3 is 19.7 Å². The topological polar surface area (TPSA) is 105 Å². The number of fused-ring (bicyclic) bond motifs is 1. The standard InChI is InChI=1S/C33H39Cl2N3O6S/c1-4-23(2)36-33(40)29(19-24-9-6-5-7-10-24)37(22-25-12-13-26(34)20-28(25)35)32(39)11-8-16-38(45(3,41)42)27-14-15-30-31(21-27)44-18-17-43-30/h5-7,9-10,12-15,20-21,23,29H,4,8,11,16-19,22H2,1-3H3,(H,36,40)/t23-,29+/m0/s1. The van der Waals surface area contributed by atoms with Crippen molar-refractivity contribution in [2.75, 3.05) is 30.3 Å². The quantitative estimate of drug-likeness (QED) is 0.229. The third-order valence-electron chi connectivity index (χ3n) is 7.59. The van der Waals surface area contributed by atoms with E-state index in [0.29, 0.717) is 46.0 Å². The van der Waals surface area contributed by atoms with Crippen LogP contribution in [0.15, 0.2) is 66.7 Å². The molecule has 0 aliphatic carbocycles. The minimum absolute atomic E-state index is 0.0102. The van der Waals surface area contributed by atoms with Gasteiger partial charge in [0.15, 0.2) is 11.5 Å². The molecule has 4 rings (SSSR count). The first-order valence-corrected chi connectivity index (χ1v) is 17.5. The predicted octanol–water partition coefficient (Wildman–Crippen LogP) is 5.87. The highest BCUT2D eigenvalue weighted by Gasteiger charge is 2.31. The molecule has 2 amide bonds. The number of benzene rings is 3. The van der Waals surface area contributed by atoms with E-state index in [4.69, 9.17) is 32.7 Å². The second-order valence-electron chi connectivity index (χ2n) is 11.0. The number of ether oxygens (including phenoxy) is 2. The lowest BCUT2D eigenvalue weighted by molar-refractivity contribution is -0.141. The molecule has 1 aliphatic rings. The Kier molecular flexibility index (Phi) is 12.0. The summed E-state index contributed by atoms with van der Waals surface area (Å²) < 4.78 is 38.1. The summed E-state index contributed by atoms with van der Waals surface area (Å²) in [6.07, 6.45) is 2.32. The number of hydrogen-bond donors (Lipinski definition) is 1. The van der Waals surface area contributed by atoms with E-state index in [1.807, 2.05) is 44.2 Å². The van der Waals surface area contributed by atoms with Gasteiger partial charge >= 0.3 is 0 Å². The van der Waals surface area contributed by atoms with E-state index < -0.39 is 16.1 Å². The van der Waals surface area contributed by atoms with Gasteiger partial charge in [-0.3, -0.25) is 13.9 Å². The molecule has 2 atom stereocenters. The minimum Gasteiger partial charge on any atom is -0.486 e. The molecule has 45 heavy (non-hydrogen) atoms. The average Bonchev–Trinajstić information content (AvgIpc) is 3.01. The maximum atomic E-state index is 14.0. The van der Waals surface area contributed by atoms with Crippen molar-refractivity contribution in [2.24, 2.45) is 0 Å². The van der Waals surface area contributed by atoms with Crippen LogP contribution in [0.1, 0.15) is 44.2 Å². The number of carbonyl (C=O) groups excluding carboxylic acids is 2. The fraction of sp³-hybridized carbons (Fsp3) is 0.394. The summed E-state index contributed by atoms with van der Waals surface area (Å²) in [6.45, 7) is 4.79. The number of rotatable bonds is 14. The molecule has 12 heteroatoms. The van der Waals surface area contributed by atoms with Gasteiger partial charge in [0.2, 0.25) is 21.8 Å². The van der Waals surface area contributed by atoms with Gasteiger partial charge in [0.1, 0.15) is 19.3 Å². The van der Waals surface area contributed by atoms with Crippen molar-refractivity contribution in [3.63, 3.8) is 0 Å². The zero-order chi connectivity index (χ0) is 32.6. The molecule has 1 N–H and O–H groups in total. The number of nitrogens with one attached hydrogen (secondary N) is 1. The highest BCUT2D eigenvalue weighted by molar-refractivity contribution is 7.92. The maximum absolute atomic E-state index is 14.0. The highest BCUT2D eigenvalue weighted by Crippen LogP contribution is 2.35. The number of amides is 2. The summed E-state index contributed by atoms with van der Waals surface area (Å²) in [5, 5.41) is 3.87. The first-order valence-electron chi connectivity index (χ1n) is 14.9. The number of hydrogen-bond acceptors (Lipinski definition) is 6. The van der Waals surface area contributed by atoms with Crippen LogP contribution in [0.25, 0.3) is 0 Å². The molecule has 242 valence electrons. The summed E-state index contributed by atoms with van der Waals surface area (Å²) in [5.74, 6) is 0.424. The van der Waals surface area contributed by atoms with E-state index >= 15 is 0 Å². The van der Waals surface area contributed by atoms with Crippen molar-refractivity contribution in [2.45, 2.75) is 58.2 Å². The Morgan fingerprint density at radius 3 is 2.36 bits per heavy atom. The number of nitrogens with zero attached hydrogens (tertiary/aromatic N) is 2. The van der Waals surface area contributed by atoms with Crippen molar-refractivity contribution in [1.29, 1.82) is 0 Å². The molecule has 0 radical (unpaired) electrons. The number of halogens is 2. The molecular formula is C33H39Cl2N3O6S. The first kappa shape index (κ1) is 34.4. The maximum Gasteiger partial charge on any atom is 0.243 e. The molecule has 0 spiro atoms. The second-order valence-corrected chi connectivity index (χ2v) is 13.8.